The third-order valence-corrected chi connectivity index (χ3v) is 7.06. The fourth-order valence-corrected chi connectivity index (χ4v) is 5.40. The molecule has 156 valence electrons. The van der Waals surface area contributed by atoms with Crippen molar-refractivity contribution < 1.29 is 21.6 Å². The van der Waals surface area contributed by atoms with Crippen molar-refractivity contribution in [2.45, 2.75) is 0 Å². The van der Waals surface area contributed by atoms with E-state index >= 15 is 0 Å². The van der Waals surface area contributed by atoms with Crippen LogP contribution in [0.3, 0.4) is 0 Å². The Morgan fingerprint density at radius 1 is 0.897 bits per heavy atom. The second-order valence-electron chi connectivity index (χ2n) is 7.19. The summed E-state index contributed by atoms with van der Waals surface area (Å²) in [5.74, 6) is -2.58. The van der Waals surface area contributed by atoms with Crippen molar-refractivity contribution in [3.8, 4) is 0 Å². The predicted octanol–water partition coefficient (Wildman–Crippen LogP) is 2.55. The van der Waals surface area contributed by atoms with Gasteiger partial charge in [-0.1, -0.05) is 6.07 Å². The first-order valence-electron chi connectivity index (χ1n) is 9.26. The van der Waals surface area contributed by atoms with Crippen molar-refractivity contribution in [3.05, 3.63) is 53.8 Å². The van der Waals surface area contributed by atoms with Crippen LogP contribution >= 0.6 is 0 Å². The highest BCUT2D eigenvalue weighted by atomic mass is 32.2. The maximum Gasteiger partial charge on any atom is 0.331 e. The summed E-state index contributed by atoms with van der Waals surface area (Å²) >= 11 is 0. The zero-order chi connectivity index (χ0) is 20.8. The van der Waals surface area contributed by atoms with Gasteiger partial charge in [0.05, 0.1) is 11.4 Å². The van der Waals surface area contributed by atoms with E-state index < -0.39 is 27.7 Å². The van der Waals surface area contributed by atoms with E-state index in [-0.39, 0.29) is 23.6 Å². The summed E-state index contributed by atoms with van der Waals surface area (Å²) in [6.07, 6.45) is 0. The van der Waals surface area contributed by atoms with Gasteiger partial charge in [-0.3, -0.25) is 4.90 Å². The molecule has 2 aromatic carbocycles. The van der Waals surface area contributed by atoms with Crippen molar-refractivity contribution in [1.82, 2.24) is 9.80 Å². The molecule has 10 heteroatoms. The zero-order valence-electron chi connectivity index (χ0n) is 15.9. The lowest BCUT2D eigenvalue weighted by molar-refractivity contribution is 0.158. The van der Waals surface area contributed by atoms with Crippen LogP contribution in [-0.4, -0.2) is 64.5 Å². The molecule has 0 unspecified atom stereocenters. The van der Waals surface area contributed by atoms with E-state index in [1.54, 1.807) is 0 Å². The lowest BCUT2D eigenvalue weighted by Crippen LogP contribution is -2.48. The Labute approximate surface area is 167 Å². The molecule has 0 atom stereocenters. The van der Waals surface area contributed by atoms with Crippen LogP contribution in [0, 0.1) is 17.5 Å². The van der Waals surface area contributed by atoms with Crippen LogP contribution in [0.15, 0.2) is 36.4 Å². The monoisotopic (exact) mass is 426 g/mol. The Balaban J connectivity index is 1.70. The van der Waals surface area contributed by atoms with Gasteiger partial charge in [-0.15, -0.1) is 0 Å². The van der Waals surface area contributed by atoms with Crippen molar-refractivity contribution in [2.75, 3.05) is 54.9 Å². The summed E-state index contributed by atoms with van der Waals surface area (Å²) in [6, 6.07) is 6.57. The number of benzene rings is 2. The number of anilines is 3. The molecule has 0 aromatic heterocycles. The molecule has 2 aromatic rings. The quantitative estimate of drug-likeness (QED) is 0.754. The third-order valence-electron chi connectivity index (χ3n) is 5.29. The van der Waals surface area contributed by atoms with E-state index in [2.05, 4.69) is 9.80 Å². The molecule has 1 fully saturated rings. The molecule has 0 saturated carbocycles. The molecule has 6 nitrogen and oxygen atoms in total. The number of halogens is 3. The van der Waals surface area contributed by atoms with Crippen molar-refractivity contribution >= 4 is 27.3 Å². The molecule has 0 N–H and O–H groups in total. The SMILES string of the molecule is CN1CCN(CCN2c3c(F)cccc3N(c3ccc(F)cc3F)S2(=O)=O)CC1. The molecular formula is C19H21F3N4O2S. The summed E-state index contributed by atoms with van der Waals surface area (Å²) in [7, 11) is -2.27. The summed E-state index contributed by atoms with van der Waals surface area (Å²) in [5, 5.41) is 0. The van der Waals surface area contributed by atoms with Gasteiger partial charge < -0.3 is 4.90 Å². The minimum absolute atomic E-state index is 0.00823. The second-order valence-corrected chi connectivity index (χ2v) is 8.89. The summed E-state index contributed by atoms with van der Waals surface area (Å²) in [6.45, 7) is 3.74. The molecule has 4 rings (SSSR count). The first kappa shape index (κ1) is 20.0. The van der Waals surface area contributed by atoms with Gasteiger partial charge in [0.25, 0.3) is 0 Å². The molecule has 0 radical (unpaired) electrons. The van der Waals surface area contributed by atoms with E-state index in [4.69, 9.17) is 0 Å². The van der Waals surface area contributed by atoms with Crippen LogP contribution in [0.1, 0.15) is 0 Å². The van der Waals surface area contributed by atoms with Gasteiger partial charge >= 0.3 is 10.2 Å². The number of rotatable bonds is 4. The molecular weight excluding hydrogens is 405 g/mol. The number of nitrogens with zero attached hydrogens (tertiary/aromatic N) is 4. The molecule has 2 heterocycles. The average Bonchev–Trinajstić information content (AvgIpc) is 2.89. The number of piperazine rings is 1. The van der Waals surface area contributed by atoms with Crippen LogP contribution in [0.4, 0.5) is 30.2 Å². The first-order chi connectivity index (χ1) is 13.8. The van der Waals surface area contributed by atoms with Crippen LogP contribution in [0.25, 0.3) is 0 Å². The Morgan fingerprint density at radius 2 is 1.62 bits per heavy atom. The molecule has 0 aliphatic carbocycles. The van der Waals surface area contributed by atoms with Crippen molar-refractivity contribution in [1.29, 1.82) is 0 Å². The number of para-hydroxylation sites is 1. The van der Waals surface area contributed by atoms with Gasteiger partial charge in [-0.05, 0) is 31.3 Å². The van der Waals surface area contributed by atoms with Crippen molar-refractivity contribution in [3.63, 3.8) is 0 Å². The maximum absolute atomic E-state index is 14.6. The second kappa shape index (κ2) is 7.51. The molecule has 0 spiro atoms. The van der Waals surface area contributed by atoms with E-state index in [9.17, 15) is 21.6 Å². The fourth-order valence-electron chi connectivity index (χ4n) is 3.68. The summed E-state index contributed by atoms with van der Waals surface area (Å²) in [4.78, 5) is 4.29. The largest absolute Gasteiger partial charge is 0.331 e. The lowest BCUT2D eigenvalue weighted by atomic mass is 10.2. The number of fused-ring (bicyclic) bond motifs is 1. The van der Waals surface area contributed by atoms with Crippen molar-refractivity contribution in [2.24, 2.45) is 0 Å². The number of hydrogen-bond acceptors (Lipinski definition) is 4. The average molecular weight is 426 g/mol. The van der Waals surface area contributed by atoms with E-state index in [0.29, 0.717) is 12.6 Å². The summed E-state index contributed by atoms with van der Waals surface area (Å²) in [5.41, 5.74) is -0.459. The topological polar surface area (TPSA) is 47.1 Å². The Bertz CT molecular complexity index is 1030. The van der Waals surface area contributed by atoms with E-state index in [0.717, 1.165) is 46.9 Å². The fraction of sp³-hybridized carbons (Fsp3) is 0.368. The first-order valence-corrected chi connectivity index (χ1v) is 10.7. The number of likely N-dealkylation sites (N-methyl/N-ethyl adjacent to an activating group) is 1. The van der Waals surface area contributed by atoms with Gasteiger partial charge in [-0.25, -0.2) is 21.8 Å². The maximum atomic E-state index is 14.6. The predicted molar refractivity (Wildman–Crippen MR) is 105 cm³/mol. The van der Waals surface area contributed by atoms with E-state index in [1.165, 1.54) is 18.2 Å². The molecule has 0 bridgehead atoms. The Hall–Kier alpha value is -2.30. The molecule has 1 saturated heterocycles. The lowest BCUT2D eigenvalue weighted by Gasteiger charge is -2.33. The van der Waals surface area contributed by atoms with Crippen LogP contribution < -0.4 is 8.61 Å². The molecule has 2 aliphatic heterocycles. The van der Waals surface area contributed by atoms with E-state index in [1.807, 2.05) is 7.05 Å². The van der Waals surface area contributed by atoms with Gasteiger partial charge in [0.1, 0.15) is 17.3 Å². The Kier molecular flexibility index (Phi) is 5.18. The highest BCUT2D eigenvalue weighted by Gasteiger charge is 2.44. The molecule has 0 amide bonds. The zero-order valence-corrected chi connectivity index (χ0v) is 16.7. The highest BCUT2D eigenvalue weighted by Crippen LogP contribution is 2.47. The van der Waals surface area contributed by atoms with Crippen LogP contribution in [0.5, 0.6) is 0 Å². The minimum atomic E-state index is -4.28. The summed E-state index contributed by atoms with van der Waals surface area (Å²) < 4.78 is 70.6. The standard InChI is InChI=1S/C19H21F3N4O2S/c1-23-7-9-24(10-8-23)11-12-25-19-15(21)3-2-4-18(19)26(29(25,27)28)17-6-5-14(20)13-16(17)22/h2-6,13H,7-12H2,1H3. The normalized spacial score (nSPS) is 19.6. The highest BCUT2D eigenvalue weighted by molar-refractivity contribution is 7.95. The Morgan fingerprint density at radius 3 is 2.31 bits per heavy atom. The van der Waals surface area contributed by atoms with Gasteiger partial charge in [0.2, 0.25) is 0 Å². The molecule has 2 aliphatic rings. The van der Waals surface area contributed by atoms with Crippen LogP contribution in [-0.2, 0) is 10.2 Å². The van der Waals surface area contributed by atoms with Crippen LogP contribution in [0.2, 0.25) is 0 Å². The third kappa shape index (κ3) is 3.56. The minimum Gasteiger partial charge on any atom is -0.304 e. The van der Waals surface area contributed by atoms with Gasteiger partial charge in [-0.2, -0.15) is 8.42 Å². The van der Waals surface area contributed by atoms with Gasteiger partial charge in [0, 0.05) is 45.3 Å². The number of hydrogen-bond donors (Lipinski definition) is 0. The van der Waals surface area contributed by atoms with Gasteiger partial charge in [0.15, 0.2) is 5.82 Å². The molecule has 29 heavy (non-hydrogen) atoms. The smallest absolute Gasteiger partial charge is 0.304 e.